The number of aliphatic carboxylic acids is 1. The van der Waals surface area contributed by atoms with Gasteiger partial charge in [-0.15, -0.1) is 0 Å². The lowest BCUT2D eigenvalue weighted by Gasteiger charge is -2.16. The fraction of sp³-hybridized carbons (Fsp3) is 0.385. The van der Waals surface area contributed by atoms with Crippen LogP contribution in [0.5, 0.6) is 0 Å². The Labute approximate surface area is 120 Å². The molecule has 8 heteroatoms. The van der Waals surface area contributed by atoms with Gasteiger partial charge in [-0.05, 0) is 13.8 Å². The van der Waals surface area contributed by atoms with Crippen LogP contribution >= 0.6 is 0 Å². The molecule has 0 spiro atoms. The molecule has 114 valence electrons. The highest BCUT2D eigenvalue weighted by Crippen LogP contribution is 2.02. The average Bonchev–Trinajstić information content (AvgIpc) is 2.32. The number of aryl methyl sites for hydroxylation is 2. The quantitative estimate of drug-likeness (QED) is 0.613. The van der Waals surface area contributed by atoms with Crippen LogP contribution in [0.3, 0.4) is 0 Å². The molecule has 4 N–H and O–H groups in total. The molecule has 2 amide bonds. The Morgan fingerprint density at radius 3 is 2.24 bits per heavy atom. The third-order valence-electron chi connectivity index (χ3n) is 2.89. The maximum Gasteiger partial charge on any atom is 0.326 e. The fourth-order valence-corrected chi connectivity index (χ4v) is 1.92. The third kappa shape index (κ3) is 4.75. The fourth-order valence-electron chi connectivity index (χ4n) is 1.92. The number of rotatable bonds is 6. The van der Waals surface area contributed by atoms with Crippen LogP contribution in [0.25, 0.3) is 0 Å². The summed E-state index contributed by atoms with van der Waals surface area (Å²) in [5.41, 5.74) is 5.92. The predicted octanol–water partition coefficient (Wildman–Crippen LogP) is -1.09. The molecule has 1 heterocycles. The first-order valence-corrected chi connectivity index (χ1v) is 6.19. The van der Waals surface area contributed by atoms with Crippen molar-refractivity contribution in [2.45, 2.75) is 32.9 Å². The van der Waals surface area contributed by atoms with Crippen molar-refractivity contribution in [3.05, 3.63) is 33.7 Å². The first-order chi connectivity index (χ1) is 9.70. The van der Waals surface area contributed by atoms with Crippen molar-refractivity contribution in [3.8, 4) is 0 Å². The molecule has 1 atom stereocenters. The molecule has 1 aromatic rings. The number of amides is 2. The topological polar surface area (TPSA) is 131 Å². The minimum Gasteiger partial charge on any atom is -0.480 e. The highest BCUT2D eigenvalue weighted by molar-refractivity contribution is 5.88. The summed E-state index contributed by atoms with van der Waals surface area (Å²) in [5.74, 6) is -2.74. The van der Waals surface area contributed by atoms with Crippen LogP contribution in [0.15, 0.2) is 16.9 Å². The van der Waals surface area contributed by atoms with E-state index >= 15 is 0 Å². The molecule has 1 unspecified atom stereocenters. The van der Waals surface area contributed by atoms with E-state index in [1.54, 1.807) is 18.4 Å². The molecule has 1 aromatic heterocycles. The third-order valence-corrected chi connectivity index (χ3v) is 2.89. The van der Waals surface area contributed by atoms with Gasteiger partial charge in [0.1, 0.15) is 12.6 Å². The number of carbonyl (C=O) groups is 3. The number of carbonyl (C=O) groups excluding carboxylic acids is 2. The number of aromatic nitrogens is 1. The van der Waals surface area contributed by atoms with Crippen LogP contribution in [0.1, 0.15) is 17.8 Å². The highest BCUT2D eigenvalue weighted by Gasteiger charge is 2.22. The maximum absolute atomic E-state index is 11.9. The number of hydrogen-bond donors (Lipinski definition) is 3. The second-order valence-electron chi connectivity index (χ2n) is 4.69. The van der Waals surface area contributed by atoms with Crippen molar-refractivity contribution in [2.24, 2.45) is 5.73 Å². The van der Waals surface area contributed by atoms with Gasteiger partial charge >= 0.3 is 5.97 Å². The highest BCUT2D eigenvalue weighted by atomic mass is 16.4. The average molecular weight is 295 g/mol. The monoisotopic (exact) mass is 295 g/mol. The first kappa shape index (κ1) is 16.4. The lowest BCUT2D eigenvalue weighted by atomic mass is 10.2. The van der Waals surface area contributed by atoms with Crippen LogP contribution in [0.2, 0.25) is 0 Å². The van der Waals surface area contributed by atoms with Crippen LogP contribution in [0.4, 0.5) is 0 Å². The SMILES string of the molecule is Cc1cc(=O)cc(C)n1CC(=O)NC(CC(N)=O)C(=O)O. The van der Waals surface area contributed by atoms with Gasteiger partial charge in [-0.1, -0.05) is 0 Å². The number of pyridine rings is 1. The molecule has 0 aromatic carbocycles. The lowest BCUT2D eigenvalue weighted by Crippen LogP contribution is -2.44. The van der Waals surface area contributed by atoms with Crippen molar-refractivity contribution in [3.63, 3.8) is 0 Å². The second kappa shape index (κ2) is 6.69. The summed E-state index contributed by atoms with van der Waals surface area (Å²) in [5, 5.41) is 11.1. The van der Waals surface area contributed by atoms with Gasteiger partial charge in [0.25, 0.3) is 0 Å². The Kier molecular flexibility index (Phi) is 5.23. The van der Waals surface area contributed by atoms with Gasteiger partial charge in [-0.3, -0.25) is 14.4 Å². The summed E-state index contributed by atoms with van der Waals surface area (Å²) >= 11 is 0. The number of carboxylic acids is 1. The van der Waals surface area contributed by atoms with Crippen molar-refractivity contribution in [1.29, 1.82) is 0 Å². The van der Waals surface area contributed by atoms with Gasteiger partial charge in [-0.2, -0.15) is 0 Å². The van der Waals surface area contributed by atoms with E-state index in [4.69, 9.17) is 10.8 Å². The van der Waals surface area contributed by atoms with Gasteiger partial charge in [-0.25, -0.2) is 4.79 Å². The van der Waals surface area contributed by atoms with E-state index in [9.17, 15) is 19.2 Å². The molecule has 0 radical (unpaired) electrons. The number of nitrogens with one attached hydrogen (secondary N) is 1. The molecule has 0 aliphatic heterocycles. The van der Waals surface area contributed by atoms with Crippen LogP contribution in [-0.4, -0.2) is 33.5 Å². The van der Waals surface area contributed by atoms with Crippen molar-refractivity contribution in [2.75, 3.05) is 0 Å². The number of hydrogen-bond acceptors (Lipinski definition) is 4. The lowest BCUT2D eigenvalue weighted by molar-refractivity contribution is -0.143. The van der Waals surface area contributed by atoms with Gasteiger partial charge in [0.2, 0.25) is 11.8 Å². The second-order valence-corrected chi connectivity index (χ2v) is 4.69. The zero-order valence-corrected chi connectivity index (χ0v) is 11.8. The normalized spacial score (nSPS) is 11.7. The summed E-state index contributed by atoms with van der Waals surface area (Å²) < 4.78 is 1.57. The molecule has 0 bridgehead atoms. The van der Waals surface area contributed by atoms with Gasteiger partial charge in [0.05, 0.1) is 6.42 Å². The van der Waals surface area contributed by atoms with Crippen LogP contribution in [0, 0.1) is 13.8 Å². The Morgan fingerprint density at radius 2 is 1.81 bits per heavy atom. The van der Waals surface area contributed by atoms with Crippen molar-refractivity contribution < 1.29 is 19.5 Å². The number of nitrogens with zero attached hydrogens (tertiary/aromatic N) is 1. The largest absolute Gasteiger partial charge is 0.480 e. The zero-order valence-electron chi connectivity index (χ0n) is 11.8. The molecule has 8 nitrogen and oxygen atoms in total. The van der Waals surface area contributed by atoms with E-state index < -0.39 is 30.2 Å². The van der Waals surface area contributed by atoms with Crippen molar-refractivity contribution >= 4 is 17.8 Å². The minimum atomic E-state index is -1.37. The van der Waals surface area contributed by atoms with E-state index in [2.05, 4.69) is 5.32 Å². The zero-order chi connectivity index (χ0) is 16.2. The van der Waals surface area contributed by atoms with Crippen LogP contribution < -0.4 is 16.5 Å². The summed E-state index contributed by atoms with van der Waals surface area (Å²) in [6.07, 6.45) is -0.483. The molecule has 21 heavy (non-hydrogen) atoms. The van der Waals surface area contributed by atoms with Crippen molar-refractivity contribution in [1.82, 2.24) is 9.88 Å². The molecule has 0 saturated carbocycles. The molecule has 0 saturated heterocycles. The van der Waals surface area contributed by atoms with E-state index in [1.807, 2.05) is 0 Å². The van der Waals surface area contributed by atoms with Gasteiger partial charge < -0.3 is 20.7 Å². The van der Waals surface area contributed by atoms with E-state index in [1.165, 1.54) is 12.1 Å². The molecular formula is C13H17N3O5. The number of carboxylic acid groups (broad SMARTS) is 1. The van der Waals surface area contributed by atoms with Gasteiger partial charge in [0.15, 0.2) is 5.43 Å². The Balaban J connectivity index is 2.84. The number of nitrogens with two attached hydrogens (primary N) is 1. The summed E-state index contributed by atoms with van der Waals surface area (Å²) in [7, 11) is 0. The summed E-state index contributed by atoms with van der Waals surface area (Å²) in [4.78, 5) is 44.9. The molecule has 1 rings (SSSR count). The summed E-state index contributed by atoms with van der Waals surface area (Å²) in [6, 6.07) is 1.38. The van der Waals surface area contributed by atoms with Gasteiger partial charge in [0, 0.05) is 23.5 Å². The van der Waals surface area contributed by atoms with Crippen LogP contribution in [-0.2, 0) is 20.9 Å². The standard InChI is InChI=1S/C13H17N3O5/c1-7-3-9(17)4-8(2)16(7)6-12(19)15-10(13(20)21)5-11(14)18/h3-4,10H,5-6H2,1-2H3,(H2,14,18)(H,15,19)(H,20,21). The Morgan fingerprint density at radius 1 is 1.29 bits per heavy atom. The first-order valence-electron chi connectivity index (χ1n) is 6.19. The van der Waals surface area contributed by atoms with E-state index in [-0.39, 0.29) is 12.0 Å². The summed E-state index contributed by atoms with van der Waals surface area (Å²) in [6.45, 7) is 3.18. The molecule has 0 aliphatic rings. The minimum absolute atomic E-state index is 0.152. The predicted molar refractivity (Wildman–Crippen MR) is 73.6 cm³/mol. The molecule has 0 aliphatic carbocycles. The maximum atomic E-state index is 11.9. The Hall–Kier alpha value is -2.64. The van der Waals surface area contributed by atoms with E-state index in [0.29, 0.717) is 11.4 Å². The smallest absolute Gasteiger partial charge is 0.326 e. The molecular weight excluding hydrogens is 278 g/mol. The number of primary amides is 1. The van der Waals surface area contributed by atoms with E-state index in [0.717, 1.165) is 0 Å². The molecule has 0 fully saturated rings. The Bertz CT molecular complexity index is 609.